The van der Waals surface area contributed by atoms with Crippen molar-refractivity contribution in [3.8, 4) is 0 Å². The van der Waals surface area contributed by atoms with Gasteiger partial charge in [0.2, 0.25) is 0 Å². The summed E-state index contributed by atoms with van der Waals surface area (Å²) < 4.78 is 0. The Morgan fingerprint density at radius 1 is 1.13 bits per heavy atom. The van der Waals surface area contributed by atoms with Gasteiger partial charge in [-0.2, -0.15) is 0 Å². The topological polar surface area (TPSA) is 49.3 Å². The molecular weight excluding hydrogens is 392 g/mol. The molecule has 4 heterocycles. The lowest BCUT2D eigenvalue weighted by Crippen LogP contribution is -2.23. The minimum atomic E-state index is 0.0738. The third-order valence-electron chi connectivity index (χ3n) is 5.90. The van der Waals surface area contributed by atoms with Gasteiger partial charge in [0.1, 0.15) is 4.83 Å². The van der Waals surface area contributed by atoms with Crippen molar-refractivity contribution in [3.05, 3.63) is 70.9 Å². The Kier molecular flexibility index (Phi) is 4.97. The lowest BCUT2D eigenvalue weighted by Gasteiger charge is -2.18. The molecule has 1 atom stereocenters. The minimum absolute atomic E-state index is 0.0738. The van der Waals surface area contributed by atoms with E-state index in [0.717, 1.165) is 46.7 Å². The van der Waals surface area contributed by atoms with Crippen molar-refractivity contribution in [1.29, 1.82) is 0 Å². The molecular formula is C24H24N4OS. The summed E-state index contributed by atoms with van der Waals surface area (Å²) in [6, 6.07) is 14.6. The van der Waals surface area contributed by atoms with Gasteiger partial charge < -0.3 is 4.90 Å². The Morgan fingerprint density at radius 2 is 1.93 bits per heavy atom. The van der Waals surface area contributed by atoms with Crippen LogP contribution in [0.25, 0.3) is 21.1 Å². The zero-order valence-corrected chi connectivity index (χ0v) is 18.0. The summed E-state index contributed by atoms with van der Waals surface area (Å²) in [6.45, 7) is 2.83. The van der Waals surface area contributed by atoms with E-state index in [0.29, 0.717) is 5.92 Å². The monoisotopic (exact) mass is 416 g/mol. The number of hydrogen-bond donors (Lipinski definition) is 0. The van der Waals surface area contributed by atoms with Gasteiger partial charge in [0, 0.05) is 56.3 Å². The number of nitrogens with zero attached hydrogens (tertiary/aromatic N) is 4. The van der Waals surface area contributed by atoms with E-state index in [1.165, 1.54) is 27.8 Å². The summed E-state index contributed by atoms with van der Waals surface area (Å²) in [5, 5.41) is 2.31. The van der Waals surface area contributed by atoms with Gasteiger partial charge in [-0.1, -0.05) is 30.3 Å². The highest BCUT2D eigenvalue weighted by molar-refractivity contribution is 7.20. The highest BCUT2D eigenvalue weighted by atomic mass is 32.1. The molecule has 4 aromatic rings. The first-order chi connectivity index (χ1) is 14.6. The molecule has 152 valence electrons. The fraction of sp³-hybridized carbons (Fsp3) is 0.292. The highest BCUT2D eigenvalue weighted by Crippen LogP contribution is 2.40. The zero-order chi connectivity index (χ0) is 20.7. The molecule has 0 aliphatic carbocycles. The lowest BCUT2D eigenvalue weighted by molar-refractivity contribution is 0.0831. The van der Waals surface area contributed by atoms with Crippen LogP contribution in [0.15, 0.2) is 54.9 Å². The summed E-state index contributed by atoms with van der Waals surface area (Å²) >= 11 is 1.52. The Bertz CT molecular complexity index is 1230. The van der Waals surface area contributed by atoms with E-state index in [2.05, 4.69) is 45.2 Å². The van der Waals surface area contributed by atoms with Crippen LogP contribution in [0.4, 0.5) is 0 Å². The van der Waals surface area contributed by atoms with Crippen LogP contribution >= 0.6 is 11.3 Å². The Hall–Kier alpha value is -2.83. The summed E-state index contributed by atoms with van der Waals surface area (Å²) in [5.41, 5.74) is 3.52. The maximum absolute atomic E-state index is 12.9. The molecule has 0 spiro atoms. The van der Waals surface area contributed by atoms with Gasteiger partial charge in [-0.15, -0.1) is 11.3 Å². The van der Waals surface area contributed by atoms with Crippen molar-refractivity contribution in [3.63, 3.8) is 0 Å². The van der Waals surface area contributed by atoms with Gasteiger partial charge in [0.15, 0.2) is 0 Å². The molecule has 1 fully saturated rings. The van der Waals surface area contributed by atoms with Crippen molar-refractivity contribution in [2.75, 3.05) is 27.2 Å². The third kappa shape index (κ3) is 3.36. The molecule has 1 unspecified atom stereocenters. The number of rotatable bonds is 4. The van der Waals surface area contributed by atoms with Crippen LogP contribution in [0, 0.1) is 0 Å². The van der Waals surface area contributed by atoms with Crippen molar-refractivity contribution < 1.29 is 4.79 Å². The molecule has 1 aromatic carbocycles. The molecule has 1 aliphatic heterocycles. The van der Waals surface area contributed by atoms with Gasteiger partial charge in [-0.3, -0.25) is 14.7 Å². The molecule has 6 heteroatoms. The smallest absolute Gasteiger partial charge is 0.263 e. The van der Waals surface area contributed by atoms with Crippen molar-refractivity contribution in [1.82, 2.24) is 19.8 Å². The number of carbonyl (C=O) groups is 1. The van der Waals surface area contributed by atoms with E-state index < -0.39 is 0 Å². The van der Waals surface area contributed by atoms with Gasteiger partial charge in [0.25, 0.3) is 5.91 Å². The second-order valence-corrected chi connectivity index (χ2v) is 9.11. The van der Waals surface area contributed by atoms with Gasteiger partial charge >= 0.3 is 0 Å². The number of pyridine rings is 2. The van der Waals surface area contributed by atoms with E-state index in [1.54, 1.807) is 11.1 Å². The Morgan fingerprint density at radius 3 is 2.80 bits per heavy atom. The highest BCUT2D eigenvalue weighted by Gasteiger charge is 2.31. The standard InChI is InChI=1S/C24H24N4OS/c1-27(2)24(29)22-20(19-9-5-12-26-23(19)30-22)17-10-13-28(14-17)15-18-7-3-6-16-8-4-11-25-21(16)18/h3-9,11-12,17H,10,13-15H2,1-2H3. The molecule has 5 rings (SSSR count). The van der Waals surface area contributed by atoms with Gasteiger partial charge in [-0.05, 0) is 36.2 Å². The minimum Gasteiger partial charge on any atom is -0.344 e. The van der Waals surface area contributed by atoms with E-state index >= 15 is 0 Å². The average molecular weight is 417 g/mol. The van der Waals surface area contributed by atoms with Crippen molar-refractivity contribution in [2.24, 2.45) is 0 Å². The van der Waals surface area contributed by atoms with Crippen LogP contribution in [0.1, 0.15) is 33.1 Å². The fourth-order valence-corrected chi connectivity index (χ4v) is 5.72. The predicted octanol–water partition coefficient (Wildman–Crippen LogP) is 4.54. The second-order valence-electron chi connectivity index (χ2n) is 8.11. The van der Waals surface area contributed by atoms with Crippen LogP contribution in [-0.4, -0.2) is 52.9 Å². The first-order valence-electron chi connectivity index (χ1n) is 10.3. The maximum atomic E-state index is 12.9. The molecule has 0 bridgehead atoms. The number of amides is 1. The second kappa shape index (κ2) is 7.78. The van der Waals surface area contributed by atoms with Crippen LogP contribution in [-0.2, 0) is 6.54 Å². The van der Waals surface area contributed by atoms with E-state index in [-0.39, 0.29) is 5.91 Å². The Labute approximate surface area is 180 Å². The number of benzene rings is 1. The number of aromatic nitrogens is 2. The number of hydrogen-bond acceptors (Lipinski definition) is 5. The van der Waals surface area contributed by atoms with Crippen molar-refractivity contribution >= 4 is 38.4 Å². The summed E-state index contributed by atoms with van der Waals surface area (Å²) in [5.74, 6) is 0.412. The Balaban J connectivity index is 1.45. The van der Waals surface area contributed by atoms with Gasteiger partial charge in [-0.25, -0.2) is 4.98 Å². The summed E-state index contributed by atoms with van der Waals surface area (Å²) in [4.78, 5) is 28.0. The molecule has 1 aliphatic rings. The van der Waals surface area contributed by atoms with E-state index in [9.17, 15) is 4.79 Å². The quantitative estimate of drug-likeness (QED) is 0.490. The van der Waals surface area contributed by atoms with E-state index in [4.69, 9.17) is 0 Å². The molecule has 3 aromatic heterocycles. The van der Waals surface area contributed by atoms with E-state index in [1.807, 2.05) is 32.4 Å². The van der Waals surface area contributed by atoms with Crippen LogP contribution in [0.5, 0.6) is 0 Å². The molecule has 30 heavy (non-hydrogen) atoms. The molecule has 1 amide bonds. The van der Waals surface area contributed by atoms with Crippen LogP contribution in [0.3, 0.4) is 0 Å². The number of para-hydroxylation sites is 1. The largest absolute Gasteiger partial charge is 0.344 e. The molecule has 0 N–H and O–H groups in total. The third-order valence-corrected chi connectivity index (χ3v) is 7.01. The maximum Gasteiger partial charge on any atom is 0.263 e. The molecule has 0 saturated carbocycles. The summed E-state index contributed by atoms with van der Waals surface area (Å²) in [6.07, 6.45) is 4.72. The number of likely N-dealkylation sites (tertiary alicyclic amines) is 1. The fourth-order valence-electron chi connectivity index (χ4n) is 4.47. The number of carbonyl (C=O) groups excluding carboxylic acids is 1. The van der Waals surface area contributed by atoms with Crippen LogP contribution < -0.4 is 0 Å². The summed E-state index contributed by atoms with van der Waals surface area (Å²) in [7, 11) is 3.64. The first kappa shape index (κ1) is 19.2. The molecule has 0 radical (unpaired) electrons. The lowest BCUT2D eigenvalue weighted by atomic mass is 9.95. The van der Waals surface area contributed by atoms with Gasteiger partial charge in [0.05, 0.1) is 10.4 Å². The van der Waals surface area contributed by atoms with Crippen molar-refractivity contribution in [2.45, 2.75) is 18.9 Å². The first-order valence-corrected chi connectivity index (χ1v) is 11.1. The SMILES string of the molecule is CN(C)C(=O)c1sc2ncccc2c1C1CCN(Cc2cccc3cccnc23)C1. The molecule has 5 nitrogen and oxygen atoms in total. The average Bonchev–Trinajstić information content (AvgIpc) is 3.37. The van der Waals surface area contributed by atoms with Crippen LogP contribution in [0.2, 0.25) is 0 Å². The zero-order valence-electron chi connectivity index (χ0n) is 17.2. The number of thiophene rings is 1. The number of fused-ring (bicyclic) bond motifs is 2. The molecule has 1 saturated heterocycles. The predicted molar refractivity (Wildman–Crippen MR) is 122 cm³/mol. The normalized spacial score (nSPS) is 17.1.